The minimum Gasteiger partial charge on any atom is -0.396 e. The summed E-state index contributed by atoms with van der Waals surface area (Å²) in [6, 6.07) is 8.93. The first kappa shape index (κ1) is 16.5. The number of nitriles is 1. The van der Waals surface area contributed by atoms with Gasteiger partial charge in [-0.2, -0.15) is 5.26 Å². The summed E-state index contributed by atoms with van der Waals surface area (Å²) < 4.78 is 5.13. The van der Waals surface area contributed by atoms with Crippen molar-refractivity contribution in [2.75, 3.05) is 33.4 Å². The summed E-state index contributed by atoms with van der Waals surface area (Å²) in [5.41, 5.74) is 0.529. The monoisotopic (exact) mass is 302 g/mol. The Hall–Kier alpha value is -1.90. The van der Waals surface area contributed by atoms with Gasteiger partial charge in [0.15, 0.2) is 0 Å². The lowest BCUT2D eigenvalue weighted by atomic mass is 9.78. The second-order valence-corrected chi connectivity index (χ2v) is 5.89. The maximum atomic E-state index is 12.7. The molecular weight excluding hydrogens is 280 g/mol. The molecule has 1 aliphatic rings. The van der Waals surface area contributed by atoms with Crippen LogP contribution in [0.2, 0.25) is 0 Å². The first-order valence-corrected chi connectivity index (χ1v) is 7.54. The Morgan fingerprint density at radius 3 is 2.95 bits per heavy atom. The van der Waals surface area contributed by atoms with E-state index >= 15 is 0 Å². The van der Waals surface area contributed by atoms with Gasteiger partial charge in [-0.25, -0.2) is 0 Å². The lowest BCUT2D eigenvalue weighted by Crippen LogP contribution is -2.48. The minimum absolute atomic E-state index is 0.0417. The molecule has 1 aliphatic heterocycles. The van der Waals surface area contributed by atoms with Crippen LogP contribution in [0.3, 0.4) is 0 Å². The predicted molar refractivity (Wildman–Crippen MR) is 82.3 cm³/mol. The minimum atomic E-state index is -0.300. The highest BCUT2D eigenvalue weighted by atomic mass is 16.5. The molecule has 1 aromatic rings. The third-order valence-electron chi connectivity index (χ3n) is 4.40. The zero-order chi connectivity index (χ0) is 16.0. The maximum Gasteiger partial charge on any atom is 0.255 e. The third kappa shape index (κ3) is 3.46. The van der Waals surface area contributed by atoms with Crippen molar-refractivity contribution in [3.63, 3.8) is 0 Å². The van der Waals surface area contributed by atoms with E-state index in [0.29, 0.717) is 30.8 Å². The zero-order valence-electron chi connectivity index (χ0n) is 12.9. The molecule has 22 heavy (non-hydrogen) atoms. The topological polar surface area (TPSA) is 73.6 Å². The van der Waals surface area contributed by atoms with Crippen molar-refractivity contribution in [3.8, 4) is 6.07 Å². The highest BCUT2D eigenvalue weighted by molar-refractivity contribution is 5.96. The van der Waals surface area contributed by atoms with Crippen molar-refractivity contribution in [1.29, 1.82) is 5.26 Å². The second-order valence-electron chi connectivity index (χ2n) is 5.89. The van der Waals surface area contributed by atoms with Crippen molar-refractivity contribution in [2.45, 2.75) is 19.3 Å². The molecule has 0 bridgehead atoms. The van der Waals surface area contributed by atoms with Crippen LogP contribution in [-0.4, -0.2) is 49.3 Å². The number of likely N-dealkylation sites (tertiary alicyclic amines) is 1. The molecule has 0 unspecified atom stereocenters. The van der Waals surface area contributed by atoms with Crippen LogP contribution in [0.25, 0.3) is 0 Å². The van der Waals surface area contributed by atoms with Crippen LogP contribution >= 0.6 is 0 Å². The normalized spacial score (nSPS) is 21.4. The van der Waals surface area contributed by atoms with Crippen LogP contribution in [0.15, 0.2) is 24.3 Å². The Morgan fingerprint density at radius 1 is 1.50 bits per heavy atom. The molecule has 1 amide bonds. The molecule has 5 nitrogen and oxygen atoms in total. The van der Waals surface area contributed by atoms with Gasteiger partial charge >= 0.3 is 0 Å². The van der Waals surface area contributed by atoms with Crippen LogP contribution in [-0.2, 0) is 4.74 Å². The first-order valence-electron chi connectivity index (χ1n) is 7.54. The van der Waals surface area contributed by atoms with Crippen LogP contribution in [0, 0.1) is 16.7 Å². The lowest BCUT2D eigenvalue weighted by molar-refractivity contribution is 0.00897. The number of rotatable bonds is 5. The standard InChI is InChI=1S/C17H22N2O3/c1-22-10-8-17(13-20)7-4-9-19(12-17)16(21)15-6-3-2-5-14(15)11-18/h2-3,5-6,20H,4,7-10,12-13H2,1H3/t17-/m1/s1. The van der Waals surface area contributed by atoms with E-state index in [0.717, 1.165) is 19.3 Å². The van der Waals surface area contributed by atoms with E-state index in [1.165, 1.54) is 0 Å². The van der Waals surface area contributed by atoms with Crippen LogP contribution in [0.5, 0.6) is 0 Å². The quantitative estimate of drug-likeness (QED) is 0.900. The molecule has 1 aromatic carbocycles. The van der Waals surface area contributed by atoms with Gasteiger partial charge in [-0.15, -0.1) is 0 Å². The number of hydrogen-bond donors (Lipinski definition) is 1. The van der Waals surface area contributed by atoms with E-state index in [2.05, 4.69) is 6.07 Å². The van der Waals surface area contributed by atoms with Gasteiger partial charge < -0.3 is 14.7 Å². The van der Waals surface area contributed by atoms with E-state index in [1.807, 2.05) is 0 Å². The predicted octanol–water partition coefficient (Wildman–Crippen LogP) is 1.81. The smallest absolute Gasteiger partial charge is 0.255 e. The Labute approximate surface area is 131 Å². The Morgan fingerprint density at radius 2 is 2.27 bits per heavy atom. The molecule has 118 valence electrons. The molecular formula is C17H22N2O3. The number of ether oxygens (including phenoxy) is 1. The molecule has 5 heteroatoms. The summed E-state index contributed by atoms with van der Waals surface area (Å²) in [5.74, 6) is -0.132. The number of amides is 1. The van der Waals surface area contributed by atoms with Gasteiger partial charge in [0.25, 0.3) is 5.91 Å². The summed E-state index contributed by atoms with van der Waals surface area (Å²) in [6.45, 7) is 1.77. The second kappa shape index (κ2) is 7.39. The SMILES string of the molecule is COCC[C@]1(CO)CCCN(C(=O)c2ccccc2C#N)C1. The van der Waals surface area contributed by atoms with Crippen molar-refractivity contribution in [1.82, 2.24) is 4.90 Å². The van der Waals surface area contributed by atoms with E-state index in [-0.39, 0.29) is 17.9 Å². The van der Waals surface area contributed by atoms with Gasteiger partial charge in [-0.1, -0.05) is 12.1 Å². The lowest BCUT2D eigenvalue weighted by Gasteiger charge is -2.42. The van der Waals surface area contributed by atoms with Gasteiger partial charge in [-0.3, -0.25) is 4.79 Å². The van der Waals surface area contributed by atoms with Crippen molar-refractivity contribution in [3.05, 3.63) is 35.4 Å². The maximum absolute atomic E-state index is 12.7. The largest absolute Gasteiger partial charge is 0.396 e. The molecule has 1 N–H and O–H groups in total. The van der Waals surface area contributed by atoms with Crippen LogP contribution in [0.1, 0.15) is 35.2 Å². The highest BCUT2D eigenvalue weighted by Gasteiger charge is 2.37. The fraction of sp³-hybridized carbons (Fsp3) is 0.529. The fourth-order valence-electron chi connectivity index (χ4n) is 3.05. The van der Waals surface area contributed by atoms with E-state index in [4.69, 9.17) is 10.00 Å². The van der Waals surface area contributed by atoms with Crippen molar-refractivity contribution >= 4 is 5.91 Å². The van der Waals surface area contributed by atoms with E-state index in [9.17, 15) is 9.90 Å². The van der Waals surface area contributed by atoms with Crippen molar-refractivity contribution < 1.29 is 14.6 Å². The number of aliphatic hydroxyl groups is 1. The number of nitrogens with zero attached hydrogens (tertiary/aromatic N) is 2. The number of piperidine rings is 1. The zero-order valence-corrected chi connectivity index (χ0v) is 12.9. The van der Waals surface area contributed by atoms with E-state index in [1.54, 1.807) is 36.3 Å². The summed E-state index contributed by atoms with van der Waals surface area (Å²) in [6.07, 6.45) is 2.46. The molecule has 0 spiro atoms. The molecule has 0 aliphatic carbocycles. The van der Waals surface area contributed by atoms with Crippen molar-refractivity contribution in [2.24, 2.45) is 5.41 Å². The van der Waals surface area contributed by atoms with Gasteiger partial charge in [0.05, 0.1) is 23.8 Å². The summed E-state index contributed by atoms with van der Waals surface area (Å²) >= 11 is 0. The van der Waals surface area contributed by atoms with E-state index < -0.39 is 0 Å². The number of carbonyl (C=O) groups excluding carboxylic acids is 1. The molecule has 0 radical (unpaired) electrons. The average molecular weight is 302 g/mol. The Bertz CT molecular complexity index is 567. The molecule has 0 saturated carbocycles. The summed E-state index contributed by atoms with van der Waals surface area (Å²) in [7, 11) is 1.64. The first-order chi connectivity index (χ1) is 10.7. The number of methoxy groups -OCH3 is 1. The number of carbonyl (C=O) groups is 1. The molecule has 1 saturated heterocycles. The fourth-order valence-corrected chi connectivity index (χ4v) is 3.05. The molecule has 1 heterocycles. The van der Waals surface area contributed by atoms with Gasteiger partial charge in [0.1, 0.15) is 0 Å². The summed E-state index contributed by atoms with van der Waals surface area (Å²) in [5, 5.41) is 18.9. The molecule has 1 atom stereocenters. The van der Waals surface area contributed by atoms with Crippen LogP contribution < -0.4 is 0 Å². The number of hydrogen-bond acceptors (Lipinski definition) is 4. The Balaban J connectivity index is 2.18. The molecule has 0 aromatic heterocycles. The average Bonchev–Trinajstić information content (AvgIpc) is 2.59. The molecule has 1 fully saturated rings. The van der Waals surface area contributed by atoms with Crippen LogP contribution in [0.4, 0.5) is 0 Å². The highest BCUT2D eigenvalue weighted by Crippen LogP contribution is 2.33. The number of benzene rings is 1. The van der Waals surface area contributed by atoms with Gasteiger partial charge in [-0.05, 0) is 31.4 Å². The molecule has 2 rings (SSSR count). The summed E-state index contributed by atoms with van der Waals surface area (Å²) in [4.78, 5) is 14.5. The third-order valence-corrected chi connectivity index (χ3v) is 4.40. The number of aliphatic hydroxyl groups excluding tert-OH is 1. The van der Waals surface area contributed by atoms with Gasteiger partial charge in [0, 0.05) is 32.2 Å². The van der Waals surface area contributed by atoms with Gasteiger partial charge in [0.2, 0.25) is 0 Å². The Kier molecular flexibility index (Phi) is 5.53.